The molecule has 1 fully saturated rings. The molecule has 5 nitrogen and oxygen atoms in total. The number of piperazine rings is 1. The second-order valence-corrected chi connectivity index (χ2v) is 7.34. The van der Waals surface area contributed by atoms with Gasteiger partial charge in [0.25, 0.3) is 5.91 Å². The molecule has 2 aromatic rings. The molecular formula is C20H22Cl2N4O. The Morgan fingerprint density at radius 3 is 2.44 bits per heavy atom. The van der Waals surface area contributed by atoms with E-state index in [4.69, 9.17) is 23.2 Å². The van der Waals surface area contributed by atoms with E-state index in [-0.39, 0.29) is 5.91 Å². The Kier molecular flexibility index (Phi) is 7.24. The van der Waals surface area contributed by atoms with E-state index in [9.17, 15) is 4.79 Å². The first-order valence-corrected chi connectivity index (χ1v) is 9.61. The summed E-state index contributed by atoms with van der Waals surface area (Å²) in [7, 11) is 0. The maximum atomic E-state index is 12.1. The summed E-state index contributed by atoms with van der Waals surface area (Å²) in [4.78, 5) is 16.6. The molecule has 1 amide bonds. The number of benzene rings is 2. The number of nitrogens with one attached hydrogen (secondary N) is 1. The van der Waals surface area contributed by atoms with E-state index in [0.717, 1.165) is 32.7 Å². The highest BCUT2D eigenvalue weighted by molar-refractivity contribution is 6.36. The van der Waals surface area contributed by atoms with Crippen LogP contribution >= 0.6 is 23.2 Å². The van der Waals surface area contributed by atoms with Crippen LogP contribution < -0.4 is 5.43 Å². The molecule has 0 bridgehead atoms. The number of rotatable bonds is 6. The Morgan fingerprint density at radius 1 is 1.04 bits per heavy atom. The molecule has 1 heterocycles. The number of hydrazone groups is 1. The maximum Gasteiger partial charge on any atom is 0.254 e. The molecule has 1 aliphatic heterocycles. The summed E-state index contributed by atoms with van der Waals surface area (Å²) in [6.07, 6.45) is 1.52. The number of halogens is 2. The Hall–Kier alpha value is -1.92. The molecule has 0 aliphatic carbocycles. The Morgan fingerprint density at radius 2 is 1.74 bits per heavy atom. The van der Waals surface area contributed by atoms with Crippen LogP contribution in [0.3, 0.4) is 0 Å². The molecule has 7 heteroatoms. The first-order chi connectivity index (χ1) is 13.1. The minimum atomic E-state index is -0.132. The summed E-state index contributed by atoms with van der Waals surface area (Å²) >= 11 is 11.9. The predicted molar refractivity (Wildman–Crippen MR) is 110 cm³/mol. The fourth-order valence-electron chi connectivity index (χ4n) is 2.97. The van der Waals surface area contributed by atoms with Crippen LogP contribution in [-0.4, -0.2) is 54.6 Å². The van der Waals surface area contributed by atoms with Crippen LogP contribution in [0, 0.1) is 0 Å². The number of amides is 1. The van der Waals surface area contributed by atoms with Gasteiger partial charge in [-0.1, -0.05) is 59.6 Å². The SMILES string of the molecule is O=C(CN1CCN(Cc2ccccc2)CC1)N/N=C\c1ccc(Cl)cc1Cl. The van der Waals surface area contributed by atoms with Gasteiger partial charge in [-0.15, -0.1) is 0 Å². The standard InChI is InChI=1S/C20H22Cl2N4O/c21-18-7-6-17(19(22)12-18)13-23-24-20(27)15-26-10-8-25(9-11-26)14-16-4-2-1-3-5-16/h1-7,12-13H,8-11,14-15H2,(H,24,27)/b23-13-. The van der Waals surface area contributed by atoms with Crippen molar-refractivity contribution < 1.29 is 4.79 Å². The van der Waals surface area contributed by atoms with Crippen LogP contribution in [0.25, 0.3) is 0 Å². The lowest BCUT2D eigenvalue weighted by atomic mass is 10.2. The highest BCUT2D eigenvalue weighted by Crippen LogP contribution is 2.19. The molecular weight excluding hydrogens is 383 g/mol. The van der Waals surface area contributed by atoms with E-state index in [1.54, 1.807) is 18.2 Å². The molecule has 1 N–H and O–H groups in total. The van der Waals surface area contributed by atoms with Gasteiger partial charge in [0.2, 0.25) is 0 Å². The maximum absolute atomic E-state index is 12.1. The van der Waals surface area contributed by atoms with Gasteiger partial charge in [-0.3, -0.25) is 14.6 Å². The summed E-state index contributed by atoms with van der Waals surface area (Å²) < 4.78 is 0. The van der Waals surface area contributed by atoms with Gasteiger partial charge in [0, 0.05) is 43.3 Å². The Balaban J connectivity index is 1.39. The van der Waals surface area contributed by atoms with Crippen LogP contribution in [0.1, 0.15) is 11.1 Å². The summed E-state index contributed by atoms with van der Waals surface area (Å²) in [5.41, 5.74) is 4.58. The molecule has 0 aromatic heterocycles. The fraction of sp³-hybridized carbons (Fsp3) is 0.300. The average Bonchev–Trinajstić information content (AvgIpc) is 2.66. The number of hydrogen-bond donors (Lipinski definition) is 1. The van der Waals surface area contributed by atoms with Crippen molar-refractivity contribution in [3.8, 4) is 0 Å². The van der Waals surface area contributed by atoms with Crippen LogP contribution in [0.15, 0.2) is 53.6 Å². The lowest BCUT2D eigenvalue weighted by Gasteiger charge is -2.34. The molecule has 1 aliphatic rings. The largest absolute Gasteiger partial charge is 0.297 e. The highest BCUT2D eigenvalue weighted by atomic mass is 35.5. The molecule has 0 saturated carbocycles. The quantitative estimate of drug-likeness (QED) is 0.593. The van der Waals surface area contributed by atoms with E-state index < -0.39 is 0 Å². The Bertz CT molecular complexity index is 790. The lowest BCUT2D eigenvalue weighted by Crippen LogP contribution is -2.48. The number of carbonyl (C=O) groups is 1. The topological polar surface area (TPSA) is 47.9 Å². The molecule has 3 rings (SSSR count). The van der Waals surface area contributed by atoms with Gasteiger partial charge in [0.1, 0.15) is 0 Å². The third-order valence-electron chi connectivity index (χ3n) is 4.44. The summed E-state index contributed by atoms with van der Waals surface area (Å²) in [6.45, 7) is 4.93. The molecule has 0 spiro atoms. The fourth-order valence-corrected chi connectivity index (χ4v) is 3.42. The zero-order valence-corrected chi connectivity index (χ0v) is 16.5. The van der Waals surface area contributed by atoms with Crippen molar-refractivity contribution in [2.75, 3.05) is 32.7 Å². The van der Waals surface area contributed by atoms with Crippen LogP contribution in [0.5, 0.6) is 0 Å². The normalized spacial score (nSPS) is 15.9. The van der Waals surface area contributed by atoms with Gasteiger partial charge >= 0.3 is 0 Å². The molecule has 2 aromatic carbocycles. The number of carbonyl (C=O) groups excluding carboxylic acids is 1. The molecule has 142 valence electrons. The third-order valence-corrected chi connectivity index (χ3v) is 5.00. The van der Waals surface area contributed by atoms with Crippen LogP contribution in [0.4, 0.5) is 0 Å². The summed E-state index contributed by atoms with van der Waals surface area (Å²) in [5.74, 6) is -0.132. The van der Waals surface area contributed by atoms with E-state index in [0.29, 0.717) is 22.2 Å². The van der Waals surface area contributed by atoms with Crippen LogP contribution in [0.2, 0.25) is 10.0 Å². The van der Waals surface area contributed by atoms with Gasteiger partial charge in [0.05, 0.1) is 17.8 Å². The van der Waals surface area contributed by atoms with Gasteiger partial charge in [-0.05, 0) is 17.7 Å². The van der Waals surface area contributed by atoms with Gasteiger partial charge in [-0.2, -0.15) is 5.10 Å². The Labute approximate surface area is 169 Å². The second-order valence-electron chi connectivity index (χ2n) is 6.50. The molecule has 27 heavy (non-hydrogen) atoms. The van der Waals surface area contributed by atoms with E-state index in [1.165, 1.54) is 11.8 Å². The number of hydrogen-bond acceptors (Lipinski definition) is 4. The zero-order valence-electron chi connectivity index (χ0n) is 14.9. The molecule has 1 saturated heterocycles. The van der Waals surface area contributed by atoms with Gasteiger partial charge in [0.15, 0.2) is 0 Å². The minimum absolute atomic E-state index is 0.132. The smallest absolute Gasteiger partial charge is 0.254 e. The van der Waals surface area contributed by atoms with Crippen LogP contribution in [-0.2, 0) is 11.3 Å². The monoisotopic (exact) mass is 404 g/mol. The van der Waals surface area contributed by atoms with Crippen molar-refractivity contribution in [1.82, 2.24) is 15.2 Å². The number of nitrogens with zero attached hydrogens (tertiary/aromatic N) is 3. The van der Waals surface area contributed by atoms with E-state index >= 15 is 0 Å². The molecule has 0 atom stereocenters. The second kappa shape index (κ2) is 9.85. The molecule has 0 unspecified atom stereocenters. The van der Waals surface area contributed by atoms with E-state index in [2.05, 4.69) is 44.6 Å². The van der Waals surface area contributed by atoms with Gasteiger partial charge in [-0.25, -0.2) is 5.43 Å². The molecule has 0 radical (unpaired) electrons. The minimum Gasteiger partial charge on any atom is -0.297 e. The lowest BCUT2D eigenvalue weighted by molar-refractivity contribution is -0.122. The summed E-state index contributed by atoms with van der Waals surface area (Å²) in [6, 6.07) is 15.6. The van der Waals surface area contributed by atoms with Gasteiger partial charge < -0.3 is 0 Å². The van der Waals surface area contributed by atoms with Crippen molar-refractivity contribution in [2.24, 2.45) is 5.10 Å². The predicted octanol–water partition coefficient (Wildman–Crippen LogP) is 3.26. The highest BCUT2D eigenvalue weighted by Gasteiger charge is 2.18. The average molecular weight is 405 g/mol. The first-order valence-electron chi connectivity index (χ1n) is 8.86. The van der Waals surface area contributed by atoms with E-state index in [1.807, 2.05) is 6.07 Å². The summed E-state index contributed by atoms with van der Waals surface area (Å²) in [5, 5.41) is 5.04. The van der Waals surface area contributed by atoms with Crippen molar-refractivity contribution in [1.29, 1.82) is 0 Å². The van der Waals surface area contributed by atoms with Crippen molar-refractivity contribution >= 4 is 35.3 Å². The third kappa shape index (κ3) is 6.33. The first kappa shape index (κ1) is 19.8. The van der Waals surface area contributed by atoms with Crippen molar-refractivity contribution in [2.45, 2.75) is 6.54 Å². The zero-order chi connectivity index (χ0) is 19.1. The van der Waals surface area contributed by atoms with Crippen molar-refractivity contribution in [3.63, 3.8) is 0 Å². The van der Waals surface area contributed by atoms with Crippen molar-refractivity contribution in [3.05, 3.63) is 69.7 Å².